The van der Waals surface area contributed by atoms with Crippen LogP contribution in [-0.4, -0.2) is 43.0 Å². The van der Waals surface area contributed by atoms with Crippen LogP contribution in [0.25, 0.3) is 0 Å². The Balaban J connectivity index is 2.08. The molecule has 19 heavy (non-hydrogen) atoms. The number of urea groups is 1. The lowest BCUT2D eigenvalue weighted by atomic mass is 10.0. The van der Waals surface area contributed by atoms with Gasteiger partial charge in [-0.1, -0.05) is 26.0 Å². The molecule has 2 unspecified atom stereocenters. The average molecular weight is 270 g/mol. The summed E-state index contributed by atoms with van der Waals surface area (Å²) in [7, 11) is 0. The Bertz CT molecular complexity index is 292. The summed E-state index contributed by atoms with van der Waals surface area (Å²) in [6.07, 6.45) is 6.61. The summed E-state index contributed by atoms with van der Waals surface area (Å²) < 4.78 is 5.31. The van der Waals surface area contributed by atoms with Crippen molar-refractivity contribution in [2.75, 3.05) is 19.8 Å². The molecular weight excluding hydrogens is 244 g/mol. The van der Waals surface area contributed by atoms with Crippen LogP contribution in [-0.2, 0) is 4.74 Å². The Kier molecular flexibility index (Phi) is 7.52. The lowest BCUT2D eigenvalue weighted by molar-refractivity contribution is 0.0272. The standard InChI is InChI=1S/C14H26N2O3/c1-11(2)9-19-10-13(17)8-15-14(18)16-12-6-4-3-5-7-12/h4,6,11-13,17H,3,5,7-10H2,1-2H3,(H2,15,16,18). The first-order valence-electron chi connectivity index (χ1n) is 7.04. The second-order valence-electron chi connectivity index (χ2n) is 5.41. The molecule has 0 bridgehead atoms. The van der Waals surface area contributed by atoms with E-state index in [1.807, 2.05) is 6.08 Å². The third kappa shape index (κ3) is 7.85. The molecule has 110 valence electrons. The fourth-order valence-corrected chi connectivity index (χ4v) is 1.86. The topological polar surface area (TPSA) is 70.6 Å². The third-order valence-electron chi connectivity index (χ3n) is 2.83. The Labute approximate surface area is 115 Å². The van der Waals surface area contributed by atoms with Gasteiger partial charge >= 0.3 is 6.03 Å². The molecule has 0 saturated carbocycles. The second kappa shape index (κ2) is 8.93. The summed E-state index contributed by atoms with van der Waals surface area (Å²) in [6.45, 7) is 5.18. The molecule has 5 heteroatoms. The molecule has 0 aromatic heterocycles. The number of ether oxygens (including phenoxy) is 1. The molecule has 2 atom stereocenters. The Morgan fingerprint density at radius 3 is 2.89 bits per heavy atom. The van der Waals surface area contributed by atoms with Crippen molar-refractivity contribution in [2.45, 2.75) is 45.3 Å². The fourth-order valence-electron chi connectivity index (χ4n) is 1.86. The Hall–Kier alpha value is -1.07. The molecule has 1 rings (SSSR count). The van der Waals surface area contributed by atoms with Gasteiger partial charge in [-0.05, 0) is 25.2 Å². The average Bonchev–Trinajstić information content (AvgIpc) is 2.37. The van der Waals surface area contributed by atoms with Gasteiger partial charge in [-0.2, -0.15) is 0 Å². The number of hydrogen-bond donors (Lipinski definition) is 3. The van der Waals surface area contributed by atoms with Crippen molar-refractivity contribution in [1.82, 2.24) is 10.6 Å². The van der Waals surface area contributed by atoms with Gasteiger partial charge < -0.3 is 20.5 Å². The lowest BCUT2D eigenvalue weighted by Gasteiger charge is -2.19. The van der Waals surface area contributed by atoms with Crippen molar-refractivity contribution >= 4 is 6.03 Å². The largest absolute Gasteiger partial charge is 0.389 e. The number of aliphatic hydroxyl groups excluding tert-OH is 1. The summed E-state index contributed by atoms with van der Waals surface area (Å²) in [5.74, 6) is 0.446. The van der Waals surface area contributed by atoms with Crippen LogP contribution < -0.4 is 10.6 Å². The maximum atomic E-state index is 11.6. The normalized spacial score (nSPS) is 20.3. The van der Waals surface area contributed by atoms with Gasteiger partial charge in [0.05, 0.1) is 12.7 Å². The smallest absolute Gasteiger partial charge is 0.315 e. The fraction of sp³-hybridized carbons (Fsp3) is 0.786. The number of amides is 2. The van der Waals surface area contributed by atoms with Gasteiger partial charge in [0.2, 0.25) is 0 Å². The van der Waals surface area contributed by atoms with Crippen LogP contribution in [0, 0.1) is 5.92 Å². The molecule has 1 aliphatic rings. The van der Waals surface area contributed by atoms with Crippen molar-refractivity contribution in [2.24, 2.45) is 5.92 Å². The van der Waals surface area contributed by atoms with Crippen LogP contribution in [0.4, 0.5) is 4.79 Å². The van der Waals surface area contributed by atoms with Crippen LogP contribution in [0.5, 0.6) is 0 Å². The highest BCUT2D eigenvalue weighted by molar-refractivity contribution is 5.74. The maximum Gasteiger partial charge on any atom is 0.315 e. The van der Waals surface area contributed by atoms with E-state index in [0.717, 1.165) is 19.3 Å². The zero-order valence-electron chi connectivity index (χ0n) is 11.9. The first kappa shape index (κ1) is 16.0. The highest BCUT2D eigenvalue weighted by atomic mass is 16.5. The number of aliphatic hydroxyl groups is 1. The number of allylic oxidation sites excluding steroid dienone is 1. The van der Waals surface area contributed by atoms with Crippen molar-refractivity contribution in [3.63, 3.8) is 0 Å². The van der Waals surface area contributed by atoms with Crippen molar-refractivity contribution in [3.8, 4) is 0 Å². The summed E-state index contributed by atoms with van der Waals surface area (Å²) >= 11 is 0. The molecule has 2 amide bonds. The minimum atomic E-state index is -0.661. The van der Waals surface area contributed by atoms with Crippen molar-refractivity contribution in [3.05, 3.63) is 12.2 Å². The molecule has 1 aliphatic carbocycles. The molecule has 0 fully saturated rings. The minimum Gasteiger partial charge on any atom is -0.389 e. The molecule has 0 aromatic carbocycles. The van der Waals surface area contributed by atoms with Crippen LogP contribution in [0.1, 0.15) is 33.1 Å². The van der Waals surface area contributed by atoms with E-state index in [2.05, 4.69) is 30.6 Å². The van der Waals surface area contributed by atoms with E-state index < -0.39 is 6.10 Å². The molecule has 0 heterocycles. The lowest BCUT2D eigenvalue weighted by Crippen LogP contribution is -2.45. The predicted octanol–water partition coefficient (Wildman–Crippen LogP) is 1.43. The van der Waals surface area contributed by atoms with E-state index in [4.69, 9.17) is 4.74 Å². The molecule has 0 radical (unpaired) electrons. The van der Waals surface area contributed by atoms with Gasteiger partial charge in [0, 0.05) is 19.2 Å². The van der Waals surface area contributed by atoms with Gasteiger partial charge in [-0.15, -0.1) is 0 Å². The summed E-state index contributed by atoms with van der Waals surface area (Å²) in [5.41, 5.74) is 0. The molecule has 0 aliphatic heterocycles. The highest BCUT2D eigenvalue weighted by Crippen LogP contribution is 2.09. The molecule has 0 aromatic rings. The zero-order chi connectivity index (χ0) is 14.1. The second-order valence-corrected chi connectivity index (χ2v) is 5.41. The first-order valence-corrected chi connectivity index (χ1v) is 7.04. The molecule has 0 saturated heterocycles. The van der Waals surface area contributed by atoms with E-state index in [0.29, 0.717) is 12.5 Å². The predicted molar refractivity (Wildman–Crippen MR) is 75.0 cm³/mol. The summed E-state index contributed by atoms with van der Waals surface area (Å²) in [5, 5.41) is 15.1. The summed E-state index contributed by atoms with van der Waals surface area (Å²) in [4.78, 5) is 11.6. The van der Waals surface area contributed by atoms with E-state index in [9.17, 15) is 9.90 Å². The first-order chi connectivity index (χ1) is 9.08. The number of carbonyl (C=O) groups is 1. The number of rotatable bonds is 7. The third-order valence-corrected chi connectivity index (χ3v) is 2.83. The molecule has 5 nitrogen and oxygen atoms in total. The van der Waals surface area contributed by atoms with Gasteiger partial charge in [-0.25, -0.2) is 4.79 Å². The Morgan fingerprint density at radius 2 is 2.26 bits per heavy atom. The van der Waals surface area contributed by atoms with Crippen LogP contribution in [0.2, 0.25) is 0 Å². The minimum absolute atomic E-state index is 0.114. The molecular formula is C14H26N2O3. The van der Waals surface area contributed by atoms with Crippen LogP contribution >= 0.6 is 0 Å². The molecule has 0 spiro atoms. The van der Waals surface area contributed by atoms with Gasteiger partial charge in [0.1, 0.15) is 0 Å². The van der Waals surface area contributed by atoms with Gasteiger partial charge in [-0.3, -0.25) is 0 Å². The van der Waals surface area contributed by atoms with Crippen LogP contribution in [0.15, 0.2) is 12.2 Å². The number of nitrogens with one attached hydrogen (secondary N) is 2. The van der Waals surface area contributed by atoms with E-state index in [-0.39, 0.29) is 25.2 Å². The van der Waals surface area contributed by atoms with Gasteiger partial charge in [0.25, 0.3) is 0 Å². The van der Waals surface area contributed by atoms with E-state index in [1.54, 1.807) is 0 Å². The Morgan fingerprint density at radius 1 is 1.47 bits per heavy atom. The van der Waals surface area contributed by atoms with Crippen molar-refractivity contribution in [1.29, 1.82) is 0 Å². The van der Waals surface area contributed by atoms with Crippen LogP contribution in [0.3, 0.4) is 0 Å². The molecule has 3 N–H and O–H groups in total. The quantitative estimate of drug-likeness (QED) is 0.613. The number of hydrogen-bond acceptors (Lipinski definition) is 3. The highest BCUT2D eigenvalue weighted by Gasteiger charge is 2.12. The monoisotopic (exact) mass is 270 g/mol. The number of carbonyl (C=O) groups excluding carboxylic acids is 1. The van der Waals surface area contributed by atoms with E-state index in [1.165, 1.54) is 0 Å². The van der Waals surface area contributed by atoms with Gasteiger partial charge in [0.15, 0.2) is 0 Å². The summed E-state index contributed by atoms with van der Waals surface area (Å²) in [6, 6.07) is -0.123. The zero-order valence-corrected chi connectivity index (χ0v) is 11.9. The SMILES string of the molecule is CC(C)COCC(O)CNC(=O)NC1C=CCCC1. The maximum absolute atomic E-state index is 11.6. The van der Waals surface area contributed by atoms with Crippen molar-refractivity contribution < 1.29 is 14.6 Å². The van der Waals surface area contributed by atoms with E-state index >= 15 is 0 Å².